The predicted octanol–water partition coefficient (Wildman–Crippen LogP) is 0.542. The maximum atomic E-state index is 11.1. The van der Waals surface area contributed by atoms with Crippen LogP contribution in [0.5, 0.6) is 5.88 Å². The summed E-state index contributed by atoms with van der Waals surface area (Å²) in [5, 5.41) is -0.0516. The molecule has 0 aliphatic carbocycles. The van der Waals surface area contributed by atoms with Gasteiger partial charge in [-0.1, -0.05) is 0 Å². The van der Waals surface area contributed by atoms with Gasteiger partial charge in [0, 0.05) is 6.26 Å². The van der Waals surface area contributed by atoms with Crippen LogP contribution >= 0.6 is 11.6 Å². The zero-order valence-electron chi connectivity index (χ0n) is 6.98. The van der Waals surface area contributed by atoms with Crippen LogP contribution in [0, 0.1) is 0 Å². The molecule has 0 aliphatic heterocycles. The molecule has 0 aliphatic rings. The Morgan fingerprint density at radius 3 is 2.62 bits per heavy atom. The molecule has 0 N–H and O–H groups in total. The molecule has 0 spiro atoms. The molecule has 0 unspecified atom stereocenters. The minimum absolute atomic E-state index is 0.0394. The fourth-order valence-corrected chi connectivity index (χ4v) is 1.55. The molecule has 1 aromatic heterocycles. The third-order valence-corrected chi connectivity index (χ3v) is 2.55. The summed E-state index contributed by atoms with van der Waals surface area (Å²) in [5.41, 5.74) is 0. The second-order valence-electron chi connectivity index (χ2n) is 2.28. The van der Waals surface area contributed by atoms with E-state index in [1.165, 1.54) is 7.11 Å². The van der Waals surface area contributed by atoms with E-state index in [1.54, 1.807) is 0 Å². The van der Waals surface area contributed by atoms with Crippen molar-refractivity contribution in [2.45, 2.75) is 4.90 Å². The van der Waals surface area contributed by atoms with Gasteiger partial charge >= 0.3 is 0 Å². The third kappa shape index (κ3) is 2.28. The lowest BCUT2D eigenvalue weighted by Crippen LogP contribution is -2.03. The summed E-state index contributed by atoms with van der Waals surface area (Å²) in [6.07, 6.45) is 2.16. The van der Waals surface area contributed by atoms with E-state index >= 15 is 0 Å². The number of nitrogens with zero attached hydrogens (tertiary/aromatic N) is 2. The quantitative estimate of drug-likeness (QED) is 0.684. The molecule has 5 nitrogen and oxygen atoms in total. The molecule has 13 heavy (non-hydrogen) atoms. The minimum Gasteiger partial charge on any atom is -0.480 e. The van der Waals surface area contributed by atoms with Crippen LogP contribution in [-0.4, -0.2) is 31.8 Å². The van der Waals surface area contributed by atoms with Gasteiger partial charge in [-0.05, 0) is 11.6 Å². The zero-order chi connectivity index (χ0) is 10.1. The van der Waals surface area contributed by atoms with Crippen molar-refractivity contribution in [2.75, 3.05) is 13.4 Å². The molecule has 0 saturated heterocycles. The maximum Gasteiger partial charge on any atom is 0.236 e. The largest absolute Gasteiger partial charge is 0.480 e. The van der Waals surface area contributed by atoms with Crippen LogP contribution in [0.3, 0.4) is 0 Å². The van der Waals surface area contributed by atoms with Crippen molar-refractivity contribution in [1.29, 1.82) is 0 Å². The Bertz CT molecular complexity index is 418. The fourth-order valence-electron chi connectivity index (χ4n) is 0.735. The van der Waals surface area contributed by atoms with Crippen LogP contribution in [0.15, 0.2) is 11.1 Å². The van der Waals surface area contributed by atoms with Crippen LogP contribution in [0.2, 0.25) is 5.28 Å². The number of sulfone groups is 1. The van der Waals surface area contributed by atoms with E-state index in [9.17, 15) is 8.42 Å². The van der Waals surface area contributed by atoms with Crippen molar-refractivity contribution in [3.05, 3.63) is 11.5 Å². The SMILES string of the molecule is COc1nc(Cl)ncc1S(C)(=O)=O. The molecular weight excluding hydrogens is 216 g/mol. The summed E-state index contributed by atoms with van der Waals surface area (Å²) in [6, 6.07) is 0. The van der Waals surface area contributed by atoms with Gasteiger partial charge in [0.1, 0.15) is 4.90 Å². The lowest BCUT2D eigenvalue weighted by molar-refractivity contribution is 0.384. The number of aromatic nitrogens is 2. The van der Waals surface area contributed by atoms with Gasteiger partial charge in [0.2, 0.25) is 11.2 Å². The highest BCUT2D eigenvalue weighted by atomic mass is 35.5. The maximum absolute atomic E-state index is 11.1. The monoisotopic (exact) mass is 222 g/mol. The molecule has 0 fully saturated rings. The Morgan fingerprint density at radius 2 is 2.15 bits per heavy atom. The number of rotatable bonds is 2. The number of ether oxygens (including phenoxy) is 1. The second kappa shape index (κ2) is 3.47. The van der Waals surface area contributed by atoms with Crippen LogP contribution in [-0.2, 0) is 9.84 Å². The van der Waals surface area contributed by atoms with Crippen molar-refractivity contribution in [2.24, 2.45) is 0 Å². The van der Waals surface area contributed by atoms with E-state index in [1.807, 2.05) is 0 Å². The number of hydrogen-bond donors (Lipinski definition) is 0. The van der Waals surface area contributed by atoms with Gasteiger partial charge in [-0.2, -0.15) is 4.98 Å². The number of hydrogen-bond acceptors (Lipinski definition) is 5. The fraction of sp³-hybridized carbons (Fsp3) is 0.333. The minimum atomic E-state index is -3.37. The average molecular weight is 223 g/mol. The summed E-state index contributed by atoms with van der Waals surface area (Å²) < 4.78 is 27.0. The zero-order valence-corrected chi connectivity index (χ0v) is 8.56. The summed E-state index contributed by atoms with van der Waals surface area (Å²) in [6.45, 7) is 0. The molecule has 1 aromatic rings. The molecule has 1 rings (SSSR count). The Morgan fingerprint density at radius 1 is 1.54 bits per heavy atom. The summed E-state index contributed by atoms with van der Waals surface area (Å²) in [4.78, 5) is 7.09. The lowest BCUT2D eigenvalue weighted by atomic mass is 10.6. The highest BCUT2D eigenvalue weighted by Gasteiger charge is 2.16. The topological polar surface area (TPSA) is 69.2 Å². The van der Waals surface area contributed by atoms with Crippen molar-refractivity contribution >= 4 is 21.4 Å². The Labute approximate surface area is 80.6 Å². The molecule has 0 atom stereocenters. The first-order chi connectivity index (χ1) is 5.95. The van der Waals surface area contributed by atoms with Crippen LogP contribution < -0.4 is 4.74 Å². The molecule has 0 amide bonds. The van der Waals surface area contributed by atoms with Crippen molar-refractivity contribution in [3.8, 4) is 5.88 Å². The third-order valence-electron chi connectivity index (χ3n) is 1.29. The van der Waals surface area contributed by atoms with Crippen molar-refractivity contribution in [1.82, 2.24) is 9.97 Å². The van der Waals surface area contributed by atoms with Gasteiger partial charge < -0.3 is 4.74 Å². The van der Waals surface area contributed by atoms with Crippen LogP contribution in [0.25, 0.3) is 0 Å². The van der Waals surface area contributed by atoms with E-state index in [4.69, 9.17) is 16.3 Å². The summed E-state index contributed by atoms with van der Waals surface area (Å²) in [7, 11) is -2.06. The van der Waals surface area contributed by atoms with Gasteiger partial charge in [-0.25, -0.2) is 13.4 Å². The van der Waals surface area contributed by atoms with E-state index in [-0.39, 0.29) is 16.1 Å². The summed E-state index contributed by atoms with van der Waals surface area (Å²) >= 11 is 5.45. The van der Waals surface area contributed by atoms with Crippen molar-refractivity contribution in [3.63, 3.8) is 0 Å². The average Bonchev–Trinajstić information content (AvgIpc) is 2.01. The first-order valence-electron chi connectivity index (χ1n) is 3.21. The van der Waals surface area contributed by atoms with Gasteiger partial charge in [0.15, 0.2) is 9.84 Å². The molecule has 0 bridgehead atoms. The molecule has 7 heteroatoms. The molecule has 0 aromatic carbocycles. The van der Waals surface area contributed by atoms with Crippen molar-refractivity contribution < 1.29 is 13.2 Å². The van der Waals surface area contributed by atoms with Gasteiger partial charge in [-0.3, -0.25) is 0 Å². The second-order valence-corrected chi connectivity index (χ2v) is 4.61. The molecule has 1 heterocycles. The highest BCUT2D eigenvalue weighted by molar-refractivity contribution is 7.90. The Kier molecular flexibility index (Phi) is 2.72. The van der Waals surface area contributed by atoms with Gasteiger partial charge in [0.25, 0.3) is 0 Å². The predicted molar refractivity (Wildman–Crippen MR) is 46.7 cm³/mol. The van der Waals surface area contributed by atoms with Crippen LogP contribution in [0.1, 0.15) is 0 Å². The molecule has 0 radical (unpaired) electrons. The number of halogens is 1. The Hall–Kier alpha value is -0.880. The summed E-state index contributed by atoms with van der Waals surface area (Å²) in [5.74, 6) is -0.0394. The molecular formula is C6H7ClN2O3S. The lowest BCUT2D eigenvalue weighted by Gasteiger charge is -2.03. The first-order valence-corrected chi connectivity index (χ1v) is 5.48. The number of methoxy groups -OCH3 is 1. The highest BCUT2D eigenvalue weighted by Crippen LogP contribution is 2.20. The first kappa shape index (κ1) is 10.2. The van der Waals surface area contributed by atoms with Crippen LogP contribution in [0.4, 0.5) is 0 Å². The molecule has 0 saturated carbocycles. The standard InChI is InChI=1S/C6H7ClN2O3S/c1-12-5-4(13(2,10)11)3-8-6(7)9-5/h3H,1-2H3. The molecule has 72 valence electrons. The van der Waals surface area contributed by atoms with Gasteiger partial charge in [0.05, 0.1) is 13.3 Å². The van der Waals surface area contributed by atoms with Gasteiger partial charge in [-0.15, -0.1) is 0 Å². The van der Waals surface area contributed by atoms with E-state index in [0.29, 0.717) is 0 Å². The normalized spacial score (nSPS) is 11.3. The van der Waals surface area contributed by atoms with E-state index < -0.39 is 9.84 Å². The smallest absolute Gasteiger partial charge is 0.236 e. The Balaban J connectivity index is 3.39. The van der Waals surface area contributed by atoms with E-state index in [2.05, 4.69) is 9.97 Å². The van der Waals surface area contributed by atoms with E-state index in [0.717, 1.165) is 12.5 Å².